The molecule has 0 fully saturated rings. The number of rotatable bonds is 6. The number of alkyl halides is 3. The van der Waals surface area contributed by atoms with Crippen LogP contribution in [0.25, 0.3) is 5.65 Å². The van der Waals surface area contributed by atoms with E-state index in [0.29, 0.717) is 17.5 Å². The molecule has 3 rings (SSSR count). The molecule has 1 aliphatic heterocycles. The first-order valence-electron chi connectivity index (χ1n) is 10.0. The van der Waals surface area contributed by atoms with E-state index in [4.69, 9.17) is 17.3 Å². The lowest BCUT2D eigenvalue weighted by Gasteiger charge is -2.14. The average molecular weight is 505 g/mol. The van der Waals surface area contributed by atoms with Crippen LogP contribution in [0.5, 0.6) is 0 Å². The first kappa shape index (κ1) is 25.4. The Balaban J connectivity index is 1.93. The fourth-order valence-electron chi connectivity index (χ4n) is 2.87. The Bertz CT molecular complexity index is 1330. The molecule has 0 saturated heterocycles. The molecule has 3 N–H and O–H groups in total. The molecular weight excluding hydrogens is 485 g/mol. The van der Waals surface area contributed by atoms with Crippen LogP contribution in [0.15, 0.2) is 86.5 Å². The van der Waals surface area contributed by atoms with Gasteiger partial charge in [-0.3, -0.25) is 9.20 Å². The number of pyridine rings is 1. The molecule has 9 nitrogen and oxygen atoms in total. The van der Waals surface area contributed by atoms with Crippen LogP contribution in [0.4, 0.5) is 19.0 Å². The smallest absolute Gasteiger partial charge is 0.404 e. The Morgan fingerprint density at radius 2 is 2.09 bits per heavy atom. The molecule has 0 aromatic carbocycles. The minimum atomic E-state index is -5.00. The number of fused-ring (bicyclic) bond motifs is 1. The second kappa shape index (κ2) is 10.8. The zero-order chi connectivity index (χ0) is 25.6. The molecule has 0 radical (unpaired) electrons. The number of hydrogen-bond donors (Lipinski definition) is 2. The molecule has 13 heteroatoms. The monoisotopic (exact) mass is 504 g/mol. The largest absolute Gasteiger partial charge is 0.434 e. The summed E-state index contributed by atoms with van der Waals surface area (Å²) in [5.41, 5.74) is 4.06. The highest BCUT2D eigenvalue weighted by Gasteiger charge is 2.41. The number of hydrogen-bond acceptors (Lipinski definition) is 7. The molecule has 0 aliphatic carbocycles. The van der Waals surface area contributed by atoms with E-state index >= 15 is 0 Å². The molecule has 0 spiro atoms. The van der Waals surface area contributed by atoms with Gasteiger partial charge in [-0.25, -0.2) is 9.98 Å². The molecular formula is C22H20ClF3N8O. The van der Waals surface area contributed by atoms with Crippen molar-refractivity contribution < 1.29 is 18.0 Å². The summed E-state index contributed by atoms with van der Waals surface area (Å²) in [4.78, 5) is 20.8. The predicted octanol–water partition coefficient (Wildman–Crippen LogP) is 4.06. The van der Waals surface area contributed by atoms with Gasteiger partial charge in [-0.15, -0.1) is 0 Å². The number of aryl methyl sites for hydroxylation is 1. The third kappa shape index (κ3) is 6.44. The van der Waals surface area contributed by atoms with Gasteiger partial charge in [0.15, 0.2) is 5.71 Å². The van der Waals surface area contributed by atoms with E-state index in [1.54, 1.807) is 32.1 Å². The molecule has 1 amide bonds. The Kier molecular flexibility index (Phi) is 7.87. The van der Waals surface area contributed by atoms with Crippen LogP contribution in [0.1, 0.15) is 12.6 Å². The van der Waals surface area contributed by atoms with Crippen molar-refractivity contribution in [3.63, 3.8) is 0 Å². The maximum absolute atomic E-state index is 14.0. The summed E-state index contributed by atoms with van der Waals surface area (Å²) in [6.45, 7) is 3.49. The number of aromatic nitrogens is 2. The number of allylic oxidation sites excluding steroid dienone is 5. The first-order chi connectivity index (χ1) is 16.6. The third-order valence-electron chi connectivity index (χ3n) is 4.32. The molecule has 3 heterocycles. The van der Waals surface area contributed by atoms with E-state index in [0.717, 1.165) is 5.12 Å². The first-order valence-corrected chi connectivity index (χ1v) is 10.4. The van der Waals surface area contributed by atoms with E-state index in [2.05, 4.69) is 25.5 Å². The number of carbonyl (C=O) groups excluding carboxylic acids is 1. The Hall–Kier alpha value is -4.19. The van der Waals surface area contributed by atoms with Crippen molar-refractivity contribution in [1.29, 1.82) is 0 Å². The zero-order valence-electron chi connectivity index (χ0n) is 18.5. The van der Waals surface area contributed by atoms with Gasteiger partial charge in [0.1, 0.15) is 11.5 Å². The molecule has 2 aromatic rings. The van der Waals surface area contributed by atoms with Crippen LogP contribution < -0.4 is 11.1 Å². The standard InChI is InChI=1S/C22H20ClF3N8O/c1-3-4-8-28-34-13-15(23)9-16(11-29-34)31-21(35)17(10-27)20(22(24,25)26)32-19-7-5-6-18-30-14(2)12-33(18)19/h3-13H,27H2,1-2H3,(H,31,35)/b4-3?,17-10?,28-8-,32-20?. The summed E-state index contributed by atoms with van der Waals surface area (Å²) < 4.78 is 43.3. The maximum Gasteiger partial charge on any atom is 0.434 e. The molecule has 2 aromatic heterocycles. The summed E-state index contributed by atoms with van der Waals surface area (Å²) in [5, 5.41) is 11.5. The number of nitrogens with two attached hydrogens (primary N) is 1. The molecule has 0 atom stereocenters. The molecule has 35 heavy (non-hydrogen) atoms. The summed E-state index contributed by atoms with van der Waals surface area (Å²) in [6, 6.07) is 4.48. The quantitative estimate of drug-likeness (QED) is 0.456. The number of imidazole rings is 1. The highest BCUT2D eigenvalue weighted by atomic mass is 35.5. The molecule has 0 unspecified atom stereocenters. The molecule has 1 aliphatic rings. The second-order valence-corrected chi connectivity index (χ2v) is 7.39. The van der Waals surface area contributed by atoms with Crippen molar-refractivity contribution >= 4 is 47.1 Å². The van der Waals surface area contributed by atoms with Gasteiger partial charge < -0.3 is 11.1 Å². The van der Waals surface area contributed by atoms with E-state index in [1.165, 1.54) is 47.4 Å². The fraction of sp³-hybridized carbons (Fsp3) is 0.136. The minimum absolute atomic E-state index is 0.00759. The minimum Gasteiger partial charge on any atom is -0.404 e. The topological polar surface area (TPSA) is 113 Å². The number of carbonyl (C=O) groups is 1. The Morgan fingerprint density at radius 3 is 2.77 bits per heavy atom. The highest BCUT2D eigenvalue weighted by molar-refractivity contribution is 6.31. The maximum atomic E-state index is 14.0. The van der Waals surface area contributed by atoms with Gasteiger partial charge in [0.05, 0.1) is 34.4 Å². The highest BCUT2D eigenvalue weighted by Crippen LogP contribution is 2.27. The van der Waals surface area contributed by atoms with Gasteiger partial charge in [0, 0.05) is 18.6 Å². The van der Waals surface area contributed by atoms with Gasteiger partial charge >= 0.3 is 6.18 Å². The van der Waals surface area contributed by atoms with Crippen molar-refractivity contribution in [2.24, 2.45) is 20.9 Å². The summed E-state index contributed by atoms with van der Waals surface area (Å²) in [6.07, 6.45) is 5.72. The van der Waals surface area contributed by atoms with E-state index in [-0.39, 0.29) is 16.5 Å². The van der Waals surface area contributed by atoms with Crippen molar-refractivity contribution in [2.45, 2.75) is 20.0 Å². The Labute approximate surface area is 203 Å². The van der Waals surface area contributed by atoms with Crippen LogP contribution in [0.2, 0.25) is 0 Å². The number of nitrogens with one attached hydrogen (secondary N) is 1. The predicted molar refractivity (Wildman–Crippen MR) is 129 cm³/mol. The average Bonchev–Trinajstić information content (AvgIpc) is 3.08. The summed E-state index contributed by atoms with van der Waals surface area (Å²) in [7, 11) is 0. The third-order valence-corrected chi connectivity index (χ3v) is 4.53. The van der Waals surface area contributed by atoms with Crippen LogP contribution >= 0.6 is 11.6 Å². The van der Waals surface area contributed by atoms with Crippen LogP contribution in [0.3, 0.4) is 0 Å². The van der Waals surface area contributed by atoms with E-state index in [1.807, 2.05) is 0 Å². The molecule has 182 valence electrons. The lowest BCUT2D eigenvalue weighted by atomic mass is 10.1. The van der Waals surface area contributed by atoms with Crippen molar-refractivity contribution in [3.8, 4) is 0 Å². The van der Waals surface area contributed by atoms with Gasteiger partial charge in [0.2, 0.25) is 0 Å². The number of nitrogens with zero attached hydrogens (tertiary/aromatic N) is 6. The second-order valence-electron chi connectivity index (χ2n) is 6.96. The van der Waals surface area contributed by atoms with Crippen LogP contribution in [-0.2, 0) is 4.79 Å². The number of hydrazone groups is 2. The van der Waals surface area contributed by atoms with Crippen LogP contribution in [-0.4, -0.2) is 44.7 Å². The van der Waals surface area contributed by atoms with Gasteiger partial charge in [-0.1, -0.05) is 23.7 Å². The Morgan fingerprint density at radius 1 is 1.31 bits per heavy atom. The SMILES string of the molecule is CC=C/C=N\N1C=C(Cl)C=C(NC(=O)C(=CN)C(=Nc2cccc3nc(C)cn23)C(F)(F)F)C=N1. The van der Waals surface area contributed by atoms with Gasteiger partial charge in [-0.05, 0) is 38.1 Å². The van der Waals surface area contributed by atoms with Crippen LogP contribution in [0, 0.1) is 6.92 Å². The molecule has 0 saturated carbocycles. The van der Waals surface area contributed by atoms with E-state index < -0.39 is 23.4 Å². The van der Waals surface area contributed by atoms with E-state index in [9.17, 15) is 18.0 Å². The van der Waals surface area contributed by atoms with Crippen molar-refractivity contribution in [2.75, 3.05) is 0 Å². The van der Waals surface area contributed by atoms with Gasteiger partial charge in [-0.2, -0.15) is 28.5 Å². The summed E-state index contributed by atoms with van der Waals surface area (Å²) in [5.74, 6) is -1.25. The summed E-state index contributed by atoms with van der Waals surface area (Å²) >= 11 is 6.09. The normalized spacial score (nSPS) is 15.7. The lowest BCUT2D eigenvalue weighted by Crippen LogP contribution is -2.35. The van der Waals surface area contributed by atoms with Crippen molar-refractivity contribution in [3.05, 3.63) is 77.0 Å². The number of halogens is 4. The number of aliphatic imine (C=N–C) groups is 1. The number of amides is 1. The van der Waals surface area contributed by atoms with Crippen molar-refractivity contribution in [1.82, 2.24) is 19.8 Å². The van der Waals surface area contributed by atoms with Gasteiger partial charge in [0.25, 0.3) is 5.91 Å². The zero-order valence-corrected chi connectivity index (χ0v) is 19.3. The lowest BCUT2D eigenvalue weighted by molar-refractivity contribution is -0.116. The molecule has 0 bridgehead atoms. The fourth-order valence-corrected chi connectivity index (χ4v) is 3.08.